The van der Waals surface area contributed by atoms with Crippen LogP contribution in [-0.2, 0) is 17.9 Å². The first-order valence-electron chi connectivity index (χ1n) is 10.4. The Kier molecular flexibility index (Phi) is 5.97. The van der Waals surface area contributed by atoms with Crippen molar-refractivity contribution < 1.29 is 4.79 Å². The highest BCUT2D eigenvalue weighted by Crippen LogP contribution is 2.22. The molecule has 3 aromatic heterocycles. The Labute approximate surface area is 198 Å². The largest absolute Gasteiger partial charge is 0.340 e. The maximum atomic E-state index is 13.3. The average Bonchev–Trinajstić information content (AvgIpc) is 3.51. The summed E-state index contributed by atoms with van der Waals surface area (Å²) in [5.74, 6) is 0.700. The number of thiophene rings is 1. The molecule has 9 heteroatoms. The molecule has 0 saturated carbocycles. The summed E-state index contributed by atoms with van der Waals surface area (Å²) in [6.45, 7) is 0.969. The van der Waals surface area contributed by atoms with Crippen LogP contribution in [0.5, 0.6) is 0 Å². The van der Waals surface area contributed by atoms with Gasteiger partial charge in [0.25, 0.3) is 5.56 Å². The van der Waals surface area contributed by atoms with Crippen molar-refractivity contribution in [2.75, 3.05) is 12.8 Å². The van der Waals surface area contributed by atoms with E-state index in [9.17, 15) is 9.59 Å². The molecular weight excluding hydrogens is 454 g/mol. The SMILES string of the molecule is CN(Cc1cccs1)C(=O)CSc1nnc2n(Cc3ccccc3)c(=O)c3ccccc3n12. The molecule has 0 saturated heterocycles. The first-order chi connectivity index (χ1) is 16.1. The van der Waals surface area contributed by atoms with Crippen molar-refractivity contribution in [3.63, 3.8) is 0 Å². The van der Waals surface area contributed by atoms with Gasteiger partial charge >= 0.3 is 0 Å². The van der Waals surface area contributed by atoms with E-state index in [2.05, 4.69) is 10.2 Å². The summed E-state index contributed by atoms with van der Waals surface area (Å²) >= 11 is 2.96. The number of hydrogen-bond acceptors (Lipinski definition) is 6. The van der Waals surface area contributed by atoms with Crippen molar-refractivity contribution in [2.24, 2.45) is 0 Å². The molecule has 7 nitrogen and oxygen atoms in total. The summed E-state index contributed by atoms with van der Waals surface area (Å²) in [6.07, 6.45) is 0. The molecule has 0 fully saturated rings. The van der Waals surface area contributed by atoms with Crippen LogP contribution in [0, 0.1) is 0 Å². The van der Waals surface area contributed by atoms with E-state index < -0.39 is 0 Å². The van der Waals surface area contributed by atoms with Crippen molar-refractivity contribution in [1.29, 1.82) is 0 Å². The number of fused-ring (bicyclic) bond motifs is 3. The number of aromatic nitrogens is 4. The van der Waals surface area contributed by atoms with E-state index in [1.54, 1.807) is 27.9 Å². The summed E-state index contributed by atoms with van der Waals surface area (Å²) in [4.78, 5) is 28.9. The lowest BCUT2D eigenvalue weighted by Gasteiger charge is -2.16. The number of carbonyl (C=O) groups is 1. The third kappa shape index (κ3) is 4.29. The van der Waals surface area contributed by atoms with Gasteiger partial charge in [0.05, 0.1) is 29.7 Å². The fourth-order valence-corrected chi connectivity index (χ4v) is 5.33. The summed E-state index contributed by atoms with van der Waals surface area (Å²) in [5, 5.41) is 11.9. The van der Waals surface area contributed by atoms with Gasteiger partial charge in [-0.05, 0) is 29.1 Å². The lowest BCUT2D eigenvalue weighted by Crippen LogP contribution is -2.27. The van der Waals surface area contributed by atoms with E-state index in [1.807, 2.05) is 76.5 Å². The molecule has 0 atom stereocenters. The standard InChI is InChI=1S/C24H21N5O2S2/c1-27(15-18-10-7-13-32-18)21(30)16-33-24-26-25-23-28(14-17-8-3-2-4-9-17)22(31)19-11-5-6-12-20(19)29(23)24/h2-13H,14-16H2,1H3. The summed E-state index contributed by atoms with van der Waals surface area (Å²) < 4.78 is 3.51. The average molecular weight is 476 g/mol. The van der Waals surface area contributed by atoms with Crippen LogP contribution in [0.2, 0.25) is 0 Å². The predicted octanol–water partition coefficient (Wildman–Crippen LogP) is 3.90. The number of rotatable bonds is 7. The number of hydrogen-bond donors (Lipinski definition) is 0. The van der Waals surface area contributed by atoms with E-state index in [4.69, 9.17) is 0 Å². The molecule has 0 aliphatic carbocycles. The molecular formula is C24H21N5O2S2. The molecule has 166 valence electrons. The molecule has 0 spiro atoms. The second-order valence-electron chi connectivity index (χ2n) is 7.63. The lowest BCUT2D eigenvalue weighted by molar-refractivity contribution is -0.127. The van der Waals surface area contributed by atoms with Crippen LogP contribution in [0.4, 0.5) is 0 Å². The van der Waals surface area contributed by atoms with Crippen LogP contribution in [0.15, 0.2) is 82.1 Å². The highest BCUT2D eigenvalue weighted by atomic mass is 32.2. The molecule has 0 unspecified atom stereocenters. The van der Waals surface area contributed by atoms with Crippen molar-refractivity contribution in [3.05, 3.63) is 92.9 Å². The third-order valence-electron chi connectivity index (χ3n) is 5.39. The normalized spacial score (nSPS) is 11.3. The molecule has 0 aliphatic heterocycles. The summed E-state index contributed by atoms with van der Waals surface area (Å²) in [5.41, 5.74) is 1.62. The van der Waals surface area contributed by atoms with Gasteiger partial charge in [-0.25, -0.2) is 0 Å². The number of para-hydroxylation sites is 1. The van der Waals surface area contributed by atoms with Crippen LogP contribution in [0.3, 0.4) is 0 Å². The van der Waals surface area contributed by atoms with E-state index in [1.165, 1.54) is 11.8 Å². The molecule has 0 bridgehead atoms. The molecule has 5 aromatic rings. The van der Waals surface area contributed by atoms with Crippen LogP contribution in [-0.4, -0.2) is 42.8 Å². The highest BCUT2D eigenvalue weighted by Gasteiger charge is 2.19. The molecule has 33 heavy (non-hydrogen) atoms. The molecule has 5 rings (SSSR count). The molecule has 0 radical (unpaired) electrons. The Hall–Kier alpha value is -3.43. The lowest BCUT2D eigenvalue weighted by atomic mass is 10.2. The van der Waals surface area contributed by atoms with Gasteiger partial charge in [-0.3, -0.25) is 18.6 Å². The van der Waals surface area contributed by atoms with Gasteiger partial charge in [0.1, 0.15) is 0 Å². The zero-order valence-corrected chi connectivity index (χ0v) is 19.6. The maximum absolute atomic E-state index is 13.3. The quantitative estimate of drug-likeness (QED) is 0.334. The van der Waals surface area contributed by atoms with Gasteiger partial charge < -0.3 is 4.90 Å². The third-order valence-corrected chi connectivity index (χ3v) is 7.16. The summed E-state index contributed by atoms with van der Waals surface area (Å²) in [7, 11) is 1.80. The molecule has 0 aliphatic rings. The van der Waals surface area contributed by atoms with Crippen molar-refractivity contribution >= 4 is 45.7 Å². The minimum Gasteiger partial charge on any atom is -0.340 e. The molecule has 0 N–H and O–H groups in total. The molecule has 1 amide bonds. The fourth-order valence-electron chi connectivity index (χ4n) is 3.70. The smallest absolute Gasteiger partial charge is 0.263 e. The number of thioether (sulfide) groups is 1. The van der Waals surface area contributed by atoms with Gasteiger partial charge in [-0.15, -0.1) is 21.5 Å². The van der Waals surface area contributed by atoms with Crippen LogP contribution in [0.25, 0.3) is 16.7 Å². The Morgan fingerprint density at radius 2 is 1.82 bits per heavy atom. The highest BCUT2D eigenvalue weighted by molar-refractivity contribution is 7.99. The van der Waals surface area contributed by atoms with Gasteiger partial charge in [0.15, 0.2) is 5.16 Å². The maximum Gasteiger partial charge on any atom is 0.263 e. The Morgan fingerprint density at radius 1 is 1.03 bits per heavy atom. The van der Waals surface area contributed by atoms with E-state index in [0.29, 0.717) is 29.4 Å². The van der Waals surface area contributed by atoms with Crippen LogP contribution >= 0.6 is 23.1 Å². The van der Waals surface area contributed by atoms with Gasteiger partial charge in [-0.2, -0.15) is 0 Å². The first kappa shape index (κ1) is 21.4. The number of carbonyl (C=O) groups excluding carboxylic acids is 1. The minimum atomic E-state index is -0.113. The van der Waals surface area contributed by atoms with Crippen LogP contribution in [0.1, 0.15) is 10.4 Å². The van der Waals surface area contributed by atoms with Crippen molar-refractivity contribution in [3.8, 4) is 0 Å². The van der Waals surface area contributed by atoms with E-state index >= 15 is 0 Å². The Morgan fingerprint density at radius 3 is 2.61 bits per heavy atom. The topological polar surface area (TPSA) is 72.5 Å². The van der Waals surface area contributed by atoms with E-state index in [0.717, 1.165) is 16.0 Å². The van der Waals surface area contributed by atoms with Gasteiger partial charge in [0, 0.05) is 11.9 Å². The minimum absolute atomic E-state index is 0.00654. The Balaban J connectivity index is 1.49. The monoisotopic (exact) mass is 475 g/mol. The second-order valence-corrected chi connectivity index (χ2v) is 9.60. The zero-order chi connectivity index (χ0) is 22.8. The summed E-state index contributed by atoms with van der Waals surface area (Å²) in [6, 6.07) is 21.2. The molecule has 3 heterocycles. The van der Waals surface area contributed by atoms with E-state index in [-0.39, 0.29) is 17.2 Å². The second kappa shape index (κ2) is 9.21. The van der Waals surface area contributed by atoms with Crippen molar-refractivity contribution in [2.45, 2.75) is 18.2 Å². The Bertz CT molecular complexity index is 1480. The molecule has 2 aromatic carbocycles. The number of nitrogens with zero attached hydrogens (tertiary/aromatic N) is 5. The number of amides is 1. The number of benzene rings is 2. The van der Waals surface area contributed by atoms with Gasteiger partial charge in [0.2, 0.25) is 11.7 Å². The zero-order valence-electron chi connectivity index (χ0n) is 17.9. The first-order valence-corrected chi connectivity index (χ1v) is 12.3. The van der Waals surface area contributed by atoms with Crippen molar-refractivity contribution in [1.82, 2.24) is 24.1 Å². The van der Waals surface area contributed by atoms with Gasteiger partial charge in [-0.1, -0.05) is 60.3 Å². The van der Waals surface area contributed by atoms with Crippen LogP contribution < -0.4 is 5.56 Å². The fraction of sp³-hybridized carbons (Fsp3) is 0.167. The predicted molar refractivity (Wildman–Crippen MR) is 132 cm³/mol.